The van der Waals surface area contributed by atoms with E-state index < -0.39 is 40.8 Å². The quantitative estimate of drug-likeness (QED) is 0.427. The van der Waals surface area contributed by atoms with E-state index >= 15 is 0 Å². The molecule has 17 heteroatoms. The first-order valence-electron chi connectivity index (χ1n) is 12.0. The summed E-state index contributed by atoms with van der Waals surface area (Å²) in [5.74, 6) is 1.12. The number of aromatic amines is 1. The third-order valence-corrected chi connectivity index (χ3v) is 6.29. The normalized spacial score (nSPS) is 17.9. The van der Waals surface area contributed by atoms with Crippen LogP contribution in [0.15, 0.2) is 35.6 Å². The number of fused-ring (bicyclic) bond motifs is 3. The molecule has 5 heterocycles. The summed E-state index contributed by atoms with van der Waals surface area (Å²) in [6.07, 6.45) is -4.87. The summed E-state index contributed by atoms with van der Waals surface area (Å²) >= 11 is 0. The number of rotatable bonds is 6. The summed E-state index contributed by atoms with van der Waals surface area (Å²) in [7, 11) is 0. The molecule has 0 radical (unpaired) electrons. The van der Waals surface area contributed by atoms with E-state index in [0.29, 0.717) is 31.4 Å². The highest BCUT2D eigenvalue weighted by atomic mass is 19.4. The fourth-order valence-corrected chi connectivity index (χ4v) is 4.42. The molecule has 2 aliphatic heterocycles. The minimum atomic E-state index is -4.87. The first kappa shape index (κ1) is 27.3. The standard InChI is InChI=1S/C23H22F6N8O3/c1-12(34-16-8-33-35-20(38)18(16)23(27,28)29)10-39-15-6-31-21(32-7-15)36-2-3-37-14(9-36)11-40-17-4-13(22(24,25)26)5-30-19(17)37/h4-8,12,14H,2-3,9-11H2,1H3,(H2,34,35,38)/t12-,14-/m0/s1. The van der Waals surface area contributed by atoms with Gasteiger partial charge in [-0.1, -0.05) is 0 Å². The van der Waals surface area contributed by atoms with Crippen LogP contribution in [0.25, 0.3) is 0 Å². The molecule has 3 aromatic rings. The topological polar surface area (TPSA) is 121 Å². The largest absolute Gasteiger partial charge is 0.488 e. The summed E-state index contributed by atoms with van der Waals surface area (Å²) in [5, 5.41) is 7.76. The second-order valence-electron chi connectivity index (χ2n) is 9.21. The zero-order valence-electron chi connectivity index (χ0n) is 20.8. The molecule has 40 heavy (non-hydrogen) atoms. The molecule has 1 saturated heterocycles. The van der Waals surface area contributed by atoms with Crippen molar-refractivity contribution < 1.29 is 35.8 Å². The van der Waals surface area contributed by atoms with Gasteiger partial charge in [-0.3, -0.25) is 4.79 Å². The molecule has 0 saturated carbocycles. The molecule has 0 amide bonds. The summed E-state index contributed by atoms with van der Waals surface area (Å²) in [6.45, 7) is 3.05. The number of ether oxygens (including phenoxy) is 2. The Hall–Kier alpha value is -4.31. The summed E-state index contributed by atoms with van der Waals surface area (Å²) in [4.78, 5) is 28.0. The van der Waals surface area contributed by atoms with Crippen molar-refractivity contribution >= 4 is 17.5 Å². The van der Waals surface area contributed by atoms with Gasteiger partial charge in [-0.15, -0.1) is 0 Å². The number of hydrogen-bond donors (Lipinski definition) is 2. The number of nitrogens with one attached hydrogen (secondary N) is 2. The molecule has 2 atom stereocenters. The third-order valence-electron chi connectivity index (χ3n) is 6.29. The summed E-state index contributed by atoms with van der Waals surface area (Å²) in [6, 6.07) is 0.139. The highest BCUT2D eigenvalue weighted by Gasteiger charge is 2.39. The van der Waals surface area contributed by atoms with Crippen LogP contribution in [0, 0.1) is 0 Å². The van der Waals surface area contributed by atoms with E-state index in [4.69, 9.17) is 9.47 Å². The Balaban J connectivity index is 1.17. The van der Waals surface area contributed by atoms with Gasteiger partial charge in [0.05, 0.1) is 41.9 Å². The molecule has 3 aromatic heterocycles. The SMILES string of the molecule is C[C@@H](COc1cnc(N2CCN3c4ncc(C(F)(F)F)cc4OC[C@@H]3C2)nc1)Nc1cn[nH]c(=O)c1C(F)(F)F. The van der Waals surface area contributed by atoms with Crippen LogP contribution in [0.5, 0.6) is 11.5 Å². The number of alkyl halides is 6. The van der Waals surface area contributed by atoms with E-state index in [1.807, 2.05) is 9.80 Å². The number of nitrogens with zero attached hydrogens (tertiary/aromatic N) is 6. The first-order valence-corrected chi connectivity index (χ1v) is 12.0. The van der Waals surface area contributed by atoms with Gasteiger partial charge in [0.25, 0.3) is 5.56 Å². The monoisotopic (exact) mass is 572 g/mol. The molecule has 214 valence electrons. The van der Waals surface area contributed by atoms with E-state index in [-0.39, 0.29) is 30.8 Å². The average molecular weight is 572 g/mol. The first-order chi connectivity index (χ1) is 18.9. The molecule has 5 rings (SSSR count). The molecule has 11 nitrogen and oxygen atoms in total. The number of piperazine rings is 1. The minimum absolute atomic E-state index is 0.0622. The van der Waals surface area contributed by atoms with E-state index in [2.05, 4.69) is 25.4 Å². The second-order valence-corrected chi connectivity index (χ2v) is 9.21. The lowest BCUT2D eigenvalue weighted by Crippen LogP contribution is -2.58. The van der Waals surface area contributed by atoms with Crippen LogP contribution in [-0.2, 0) is 12.4 Å². The molecule has 0 unspecified atom stereocenters. The van der Waals surface area contributed by atoms with Gasteiger partial charge in [0.15, 0.2) is 17.3 Å². The maximum absolute atomic E-state index is 13.2. The Morgan fingerprint density at radius 2 is 1.85 bits per heavy atom. The Morgan fingerprint density at radius 1 is 1.10 bits per heavy atom. The fraction of sp³-hybridized carbons (Fsp3) is 0.435. The predicted octanol–water partition coefficient (Wildman–Crippen LogP) is 2.96. The Bertz CT molecular complexity index is 1420. The van der Waals surface area contributed by atoms with E-state index in [1.165, 1.54) is 12.4 Å². The van der Waals surface area contributed by atoms with Crippen LogP contribution in [0.4, 0.5) is 43.8 Å². The van der Waals surface area contributed by atoms with Gasteiger partial charge in [0, 0.05) is 25.8 Å². The summed E-state index contributed by atoms with van der Waals surface area (Å²) in [5.41, 5.74) is -4.08. The number of halogens is 6. The van der Waals surface area contributed by atoms with Crippen LogP contribution in [0.1, 0.15) is 18.1 Å². The average Bonchev–Trinajstić information content (AvgIpc) is 2.90. The zero-order valence-corrected chi connectivity index (χ0v) is 20.8. The number of aromatic nitrogens is 5. The lowest BCUT2D eigenvalue weighted by molar-refractivity contribution is -0.138. The van der Waals surface area contributed by atoms with Gasteiger partial charge in [0.2, 0.25) is 5.95 Å². The van der Waals surface area contributed by atoms with Crippen LogP contribution in [0.2, 0.25) is 0 Å². The van der Waals surface area contributed by atoms with Gasteiger partial charge in [-0.2, -0.15) is 31.4 Å². The van der Waals surface area contributed by atoms with Crippen LogP contribution < -0.4 is 30.1 Å². The Labute approximate surface area is 222 Å². The molecule has 2 aliphatic rings. The van der Waals surface area contributed by atoms with Crippen molar-refractivity contribution in [1.82, 2.24) is 25.1 Å². The number of H-pyrrole nitrogens is 1. The number of anilines is 3. The van der Waals surface area contributed by atoms with Crippen molar-refractivity contribution in [2.45, 2.75) is 31.4 Å². The number of pyridine rings is 1. The predicted molar refractivity (Wildman–Crippen MR) is 129 cm³/mol. The van der Waals surface area contributed by atoms with Crippen molar-refractivity contribution in [3.05, 3.63) is 52.3 Å². The maximum Gasteiger partial charge on any atom is 0.423 e. The number of hydrogen-bond acceptors (Lipinski definition) is 10. The van der Waals surface area contributed by atoms with Crippen LogP contribution >= 0.6 is 0 Å². The Kier molecular flexibility index (Phi) is 7.05. The maximum atomic E-state index is 13.2. The van der Waals surface area contributed by atoms with Crippen LogP contribution in [-0.4, -0.2) is 70.1 Å². The zero-order chi connectivity index (χ0) is 28.7. The molecule has 0 aromatic carbocycles. The molecule has 0 spiro atoms. The van der Waals surface area contributed by atoms with Crippen molar-refractivity contribution in [2.24, 2.45) is 0 Å². The van der Waals surface area contributed by atoms with Crippen molar-refractivity contribution in [2.75, 3.05) is 48.0 Å². The molecule has 0 bridgehead atoms. The molecule has 0 aliphatic carbocycles. The molecule has 2 N–H and O–H groups in total. The Morgan fingerprint density at radius 3 is 2.55 bits per heavy atom. The van der Waals surface area contributed by atoms with E-state index in [0.717, 1.165) is 18.5 Å². The van der Waals surface area contributed by atoms with Crippen molar-refractivity contribution in [3.63, 3.8) is 0 Å². The van der Waals surface area contributed by atoms with Gasteiger partial charge >= 0.3 is 12.4 Å². The van der Waals surface area contributed by atoms with Crippen LogP contribution in [0.3, 0.4) is 0 Å². The highest BCUT2D eigenvalue weighted by Crippen LogP contribution is 2.38. The van der Waals surface area contributed by atoms with Gasteiger partial charge < -0.3 is 24.6 Å². The smallest absolute Gasteiger partial charge is 0.423 e. The van der Waals surface area contributed by atoms with Crippen molar-refractivity contribution in [1.29, 1.82) is 0 Å². The molecule has 1 fully saturated rings. The van der Waals surface area contributed by atoms with E-state index in [9.17, 15) is 31.1 Å². The van der Waals surface area contributed by atoms with Gasteiger partial charge in [0.1, 0.15) is 18.8 Å². The van der Waals surface area contributed by atoms with Gasteiger partial charge in [-0.05, 0) is 13.0 Å². The highest BCUT2D eigenvalue weighted by molar-refractivity contribution is 5.58. The van der Waals surface area contributed by atoms with E-state index in [1.54, 1.807) is 12.0 Å². The third kappa shape index (κ3) is 5.67. The minimum Gasteiger partial charge on any atom is -0.488 e. The van der Waals surface area contributed by atoms with Gasteiger partial charge in [-0.25, -0.2) is 20.1 Å². The lowest BCUT2D eigenvalue weighted by Gasteiger charge is -2.44. The van der Waals surface area contributed by atoms with Crippen molar-refractivity contribution in [3.8, 4) is 11.5 Å². The second kappa shape index (κ2) is 10.3. The molecular weight excluding hydrogens is 550 g/mol. The summed E-state index contributed by atoms with van der Waals surface area (Å²) < 4.78 is 89.9. The molecular formula is C23H22F6N8O3. The lowest BCUT2D eigenvalue weighted by atomic mass is 10.1. The fourth-order valence-electron chi connectivity index (χ4n) is 4.42.